The van der Waals surface area contributed by atoms with Crippen molar-refractivity contribution >= 4 is 34.0 Å². The predicted octanol–water partition coefficient (Wildman–Crippen LogP) is 5.12. The van der Waals surface area contributed by atoms with E-state index >= 15 is 0 Å². The highest BCUT2D eigenvalue weighted by Gasteiger charge is 2.22. The Balaban J connectivity index is 1.50. The summed E-state index contributed by atoms with van der Waals surface area (Å²) < 4.78 is 13.3. The lowest BCUT2D eigenvalue weighted by Gasteiger charge is -2.37. The Bertz CT molecular complexity index is 1240. The smallest absolute Gasteiger partial charge is 0.165 e. The molecular formula is C24H20ClFN4O. The molecule has 156 valence electrons. The van der Waals surface area contributed by atoms with Gasteiger partial charge in [-0.15, -0.1) is 0 Å². The van der Waals surface area contributed by atoms with Gasteiger partial charge in [0.05, 0.1) is 11.1 Å². The molecule has 1 aromatic heterocycles. The highest BCUT2D eigenvalue weighted by molar-refractivity contribution is 6.31. The highest BCUT2D eigenvalue weighted by atomic mass is 35.5. The largest absolute Gasteiger partial charge is 0.507 e. The molecule has 0 bridgehead atoms. The first-order valence-electron chi connectivity index (χ1n) is 10.1. The fraction of sp³-hybridized carbons (Fsp3) is 0.167. The Morgan fingerprint density at radius 3 is 2.29 bits per heavy atom. The molecule has 7 heteroatoms. The molecule has 1 N–H and O–H groups in total. The van der Waals surface area contributed by atoms with Crippen molar-refractivity contribution in [2.24, 2.45) is 0 Å². The van der Waals surface area contributed by atoms with Crippen molar-refractivity contribution in [3.63, 3.8) is 0 Å². The van der Waals surface area contributed by atoms with Gasteiger partial charge in [0.2, 0.25) is 0 Å². The van der Waals surface area contributed by atoms with Crippen molar-refractivity contribution < 1.29 is 9.50 Å². The molecule has 5 rings (SSSR count). The summed E-state index contributed by atoms with van der Waals surface area (Å²) in [4.78, 5) is 14.0. The lowest BCUT2D eigenvalue weighted by molar-refractivity contribution is 0.477. The van der Waals surface area contributed by atoms with Gasteiger partial charge in [0, 0.05) is 42.3 Å². The first-order chi connectivity index (χ1) is 15.1. The van der Waals surface area contributed by atoms with E-state index in [9.17, 15) is 9.50 Å². The van der Waals surface area contributed by atoms with Crippen molar-refractivity contribution in [3.05, 3.63) is 77.6 Å². The molecule has 0 unspecified atom stereocenters. The number of hydrogen-bond acceptors (Lipinski definition) is 5. The molecule has 0 saturated carbocycles. The van der Waals surface area contributed by atoms with Crippen LogP contribution in [0.5, 0.6) is 5.75 Å². The van der Waals surface area contributed by atoms with Crippen molar-refractivity contribution in [1.82, 2.24) is 9.97 Å². The molecule has 3 aromatic carbocycles. The Labute approximate surface area is 184 Å². The molecule has 0 radical (unpaired) electrons. The molecular weight excluding hydrogens is 415 g/mol. The summed E-state index contributed by atoms with van der Waals surface area (Å²) in [6.45, 7) is 3.09. The molecule has 31 heavy (non-hydrogen) atoms. The third-order valence-electron chi connectivity index (χ3n) is 5.55. The fourth-order valence-electron chi connectivity index (χ4n) is 3.94. The molecule has 0 aliphatic carbocycles. The summed E-state index contributed by atoms with van der Waals surface area (Å²) in [6.07, 6.45) is 0. The number of nitrogens with zero attached hydrogens (tertiary/aromatic N) is 4. The summed E-state index contributed by atoms with van der Waals surface area (Å²) >= 11 is 6.23. The molecule has 0 spiro atoms. The number of aromatic nitrogens is 2. The SMILES string of the molecule is Oc1ccccc1-c1nc(N2CCN(c3ccc(F)cc3)CC2)c2ccc(Cl)cc2n1. The van der Waals surface area contributed by atoms with Crippen LogP contribution in [0.25, 0.3) is 22.3 Å². The van der Waals surface area contributed by atoms with Gasteiger partial charge in [-0.1, -0.05) is 23.7 Å². The van der Waals surface area contributed by atoms with Crippen LogP contribution < -0.4 is 9.80 Å². The number of aromatic hydroxyl groups is 1. The first kappa shape index (κ1) is 19.6. The maximum absolute atomic E-state index is 13.3. The number of rotatable bonds is 3. The number of anilines is 2. The molecule has 2 heterocycles. The number of halogens is 2. The minimum Gasteiger partial charge on any atom is -0.507 e. The maximum atomic E-state index is 13.3. The maximum Gasteiger partial charge on any atom is 0.165 e. The molecule has 1 aliphatic rings. The van der Waals surface area contributed by atoms with E-state index in [1.165, 1.54) is 12.1 Å². The van der Waals surface area contributed by atoms with Crippen molar-refractivity contribution in [3.8, 4) is 17.1 Å². The molecule has 4 aromatic rings. The Kier molecular flexibility index (Phi) is 5.08. The number of fused-ring (bicyclic) bond motifs is 1. The number of phenols is 1. The lowest BCUT2D eigenvalue weighted by Crippen LogP contribution is -2.47. The van der Waals surface area contributed by atoms with E-state index < -0.39 is 0 Å². The Morgan fingerprint density at radius 2 is 1.55 bits per heavy atom. The van der Waals surface area contributed by atoms with E-state index in [4.69, 9.17) is 16.6 Å². The molecule has 0 atom stereocenters. The standard InChI is InChI=1S/C24H20ClFN4O/c25-16-5-10-19-21(15-16)27-23(20-3-1-2-4-22(20)31)28-24(19)30-13-11-29(12-14-30)18-8-6-17(26)7-9-18/h1-10,15,31H,11-14H2. The number of piperazine rings is 1. The van der Waals surface area contributed by atoms with Crippen LogP contribution in [-0.4, -0.2) is 41.3 Å². The van der Waals surface area contributed by atoms with Crippen molar-refractivity contribution in [2.75, 3.05) is 36.0 Å². The molecule has 0 amide bonds. The van der Waals surface area contributed by atoms with Crippen LogP contribution in [0.3, 0.4) is 0 Å². The second-order valence-corrected chi connectivity index (χ2v) is 7.94. The lowest BCUT2D eigenvalue weighted by atomic mass is 10.1. The normalized spacial score (nSPS) is 14.3. The van der Waals surface area contributed by atoms with Crippen LogP contribution in [0, 0.1) is 5.82 Å². The third kappa shape index (κ3) is 3.86. The van der Waals surface area contributed by atoms with Crippen LogP contribution in [0.4, 0.5) is 15.9 Å². The number of phenolic OH excluding ortho intramolecular Hbond substituents is 1. The van der Waals surface area contributed by atoms with E-state index in [-0.39, 0.29) is 11.6 Å². The van der Waals surface area contributed by atoms with Gasteiger partial charge in [-0.3, -0.25) is 0 Å². The Hall–Kier alpha value is -3.38. The van der Waals surface area contributed by atoms with Gasteiger partial charge in [-0.05, 0) is 54.6 Å². The van der Waals surface area contributed by atoms with Crippen molar-refractivity contribution in [1.29, 1.82) is 0 Å². The van der Waals surface area contributed by atoms with Crippen LogP contribution in [0.15, 0.2) is 66.7 Å². The highest BCUT2D eigenvalue weighted by Crippen LogP contribution is 2.33. The first-order valence-corrected chi connectivity index (χ1v) is 10.5. The van der Waals surface area contributed by atoms with E-state index in [0.29, 0.717) is 16.4 Å². The topological polar surface area (TPSA) is 52.5 Å². The van der Waals surface area contributed by atoms with Gasteiger partial charge < -0.3 is 14.9 Å². The minimum absolute atomic E-state index is 0.135. The second kappa shape index (κ2) is 8.04. The van der Waals surface area contributed by atoms with Crippen LogP contribution >= 0.6 is 11.6 Å². The average molecular weight is 435 g/mol. The fourth-order valence-corrected chi connectivity index (χ4v) is 4.10. The van der Waals surface area contributed by atoms with Gasteiger partial charge in [0.25, 0.3) is 0 Å². The third-order valence-corrected chi connectivity index (χ3v) is 5.79. The van der Waals surface area contributed by atoms with Crippen molar-refractivity contribution in [2.45, 2.75) is 0 Å². The molecule has 5 nitrogen and oxygen atoms in total. The van der Waals surface area contributed by atoms with Gasteiger partial charge in [0.15, 0.2) is 5.82 Å². The summed E-state index contributed by atoms with van der Waals surface area (Å²) in [5.74, 6) is 1.18. The van der Waals surface area contributed by atoms with Crippen LogP contribution in [-0.2, 0) is 0 Å². The zero-order valence-electron chi connectivity index (χ0n) is 16.7. The van der Waals surface area contributed by atoms with Crippen LogP contribution in [0.2, 0.25) is 5.02 Å². The van der Waals surface area contributed by atoms with Gasteiger partial charge in [0.1, 0.15) is 17.4 Å². The average Bonchev–Trinajstić information content (AvgIpc) is 2.79. The number of para-hydroxylation sites is 1. The molecule has 1 aliphatic heterocycles. The van der Waals surface area contributed by atoms with Crippen LogP contribution in [0.1, 0.15) is 0 Å². The van der Waals surface area contributed by atoms with Gasteiger partial charge >= 0.3 is 0 Å². The predicted molar refractivity (Wildman–Crippen MR) is 122 cm³/mol. The van der Waals surface area contributed by atoms with E-state index in [2.05, 4.69) is 14.8 Å². The quantitative estimate of drug-likeness (QED) is 0.485. The zero-order valence-corrected chi connectivity index (χ0v) is 17.4. The number of hydrogen-bond donors (Lipinski definition) is 1. The van der Waals surface area contributed by atoms with E-state index in [1.807, 2.05) is 36.4 Å². The summed E-state index contributed by atoms with van der Waals surface area (Å²) in [5.41, 5.74) is 2.32. The monoisotopic (exact) mass is 434 g/mol. The van der Waals surface area contributed by atoms with Gasteiger partial charge in [-0.25, -0.2) is 14.4 Å². The van der Waals surface area contributed by atoms with Gasteiger partial charge in [-0.2, -0.15) is 0 Å². The molecule has 1 saturated heterocycles. The summed E-state index contributed by atoms with van der Waals surface area (Å²) in [7, 11) is 0. The van der Waals surface area contributed by atoms with E-state index in [1.54, 1.807) is 18.2 Å². The second-order valence-electron chi connectivity index (χ2n) is 7.50. The van der Waals surface area contributed by atoms with E-state index in [0.717, 1.165) is 48.6 Å². The molecule has 1 fully saturated rings. The zero-order chi connectivity index (χ0) is 21.4. The summed E-state index contributed by atoms with van der Waals surface area (Å²) in [5, 5.41) is 11.8. The number of benzene rings is 3. The Morgan fingerprint density at radius 1 is 0.839 bits per heavy atom. The minimum atomic E-state index is -0.231. The summed E-state index contributed by atoms with van der Waals surface area (Å²) in [6, 6.07) is 19.2.